The van der Waals surface area contributed by atoms with E-state index in [2.05, 4.69) is 10.3 Å². The van der Waals surface area contributed by atoms with Gasteiger partial charge < -0.3 is 5.32 Å². The van der Waals surface area contributed by atoms with Crippen LogP contribution in [0.4, 0.5) is 5.69 Å². The number of carbonyl (C=O) groups excluding carboxylic acids is 1. The first-order chi connectivity index (χ1) is 10.6. The van der Waals surface area contributed by atoms with E-state index >= 15 is 0 Å². The van der Waals surface area contributed by atoms with E-state index in [4.69, 9.17) is 0 Å². The summed E-state index contributed by atoms with van der Waals surface area (Å²) in [5.74, 6) is 0.933. The van der Waals surface area contributed by atoms with Crippen molar-refractivity contribution >= 4 is 17.4 Å². The predicted molar refractivity (Wildman–Crippen MR) is 85.2 cm³/mol. The summed E-state index contributed by atoms with van der Waals surface area (Å²) in [5.41, 5.74) is 2.69. The molecule has 2 heterocycles. The maximum absolute atomic E-state index is 12.4. The predicted octanol–water partition coefficient (Wildman–Crippen LogP) is 3.17. The van der Waals surface area contributed by atoms with Crippen LogP contribution in [0.3, 0.4) is 0 Å². The average molecular weight is 294 g/mol. The lowest BCUT2D eigenvalue weighted by atomic mass is 10.1. The summed E-state index contributed by atoms with van der Waals surface area (Å²) in [6, 6.07) is 6.08. The highest BCUT2D eigenvalue weighted by Gasteiger charge is 2.45. The van der Waals surface area contributed by atoms with Crippen molar-refractivity contribution in [1.29, 1.82) is 0 Å². The van der Waals surface area contributed by atoms with Crippen molar-refractivity contribution in [2.75, 3.05) is 5.32 Å². The molecule has 1 saturated carbocycles. The molecule has 1 aliphatic carbocycles. The van der Waals surface area contributed by atoms with Gasteiger partial charge >= 0.3 is 0 Å². The molecule has 5 heteroatoms. The Balaban J connectivity index is 1.79. The van der Waals surface area contributed by atoms with Gasteiger partial charge in [0, 0.05) is 30.2 Å². The Kier molecular flexibility index (Phi) is 2.66. The lowest BCUT2D eigenvalue weighted by molar-refractivity contribution is -0.120. The molecular weight excluding hydrogens is 276 g/mol. The van der Waals surface area contributed by atoms with Gasteiger partial charge in [0.25, 0.3) is 0 Å². The lowest BCUT2D eigenvalue weighted by Gasteiger charge is -2.15. The van der Waals surface area contributed by atoms with Crippen LogP contribution in [0.25, 0.3) is 11.5 Å². The van der Waals surface area contributed by atoms with Gasteiger partial charge in [-0.25, -0.2) is 4.98 Å². The van der Waals surface area contributed by atoms with E-state index in [-0.39, 0.29) is 11.3 Å². The zero-order valence-electron chi connectivity index (χ0n) is 12.7. The van der Waals surface area contributed by atoms with E-state index in [0.29, 0.717) is 0 Å². The number of fused-ring (bicyclic) bond motifs is 1. The summed E-state index contributed by atoms with van der Waals surface area (Å²) < 4.78 is 3.94. The third-order valence-electron chi connectivity index (χ3n) is 4.45. The molecule has 112 valence electrons. The number of benzene rings is 1. The van der Waals surface area contributed by atoms with E-state index in [9.17, 15) is 4.79 Å². The third-order valence-corrected chi connectivity index (χ3v) is 4.45. The van der Waals surface area contributed by atoms with Gasteiger partial charge in [-0.1, -0.05) is 13.0 Å². The summed E-state index contributed by atoms with van der Waals surface area (Å²) in [6.45, 7) is 4.04. The highest BCUT2D eigenvalue weighted by molar-refractivity contribution is 5.98. The standard InChI is InChI=1S/C17H18N4O/c1-12-3-4-14(21-10-9-20-8-7-18-16(20)21)13(11-12)19-15(22)17(2)5-6-17/h3-4,7-11H,5-6H2,1-2H3,(H,19,22). The molecule has 4 rings (SSSR count). The highest BCUT2D eigenvalue weighted by Crippen LogP contribution is 2.46. The topological polar surface area (TPSA) is 51.3 Å². The van der Waals surface area contributed by atoms with Crippen LogP contribution < -0.4 is 5.32 Å². The van der Waals surface area contributed by atoms with Gasteiger partial charge in [0.05, 0.1) is 11.4 Å². The first-order valence-electron chi connectivity index (χ1n) is 7.49. The van der Waals surface area contributed by atoms with Gasteiger partial charge in [-0.3, -0.25) is 13.8 Å². The van der Waals surface area contributed by atoms with Crippen molar-refractivity contribution in [3.63, 3.8) is 0 Å². The molecule has 0 radical (unpaired) electrons. The smallest absolute Gasteiger partial charge is 0.230 e. The van der Waals surface area contributed by atoms with Gasteiger partial charge in [-0.05, 0) is 37.5 Å². The largest absolute Gasteiger partial charge is 0.324 e. The molecule has 0 aliphatic heterocycles. The molecule has 2 aromatic heterocycles. The van der Waals surface area contributed by atoms with Gasteiger partial charge in [-0.2, -0.15) is 0 Å². The van der Waals surface area contributed by atoms with E-state index < -0.39 is 0 Å². The van der Waals surface area contributed by atoms with Crippen LogP contribution >= 0.6 is 0 Å². The third kappa shape index (κ3) is 2.01. The summed E-state index contributed by atoms with van der Waals surface area (Å²) in [5, 5.41) is 3.10. The summed E-state index contributed by atoms with van der Waals surface area (Å²) in [4.78, 5) is 16.8. The molecule has 22 heavy (non-hydrogen) atoms. The van der Waals surface area contributed by atoms with E-state index in [0.717, 1.165) is 35.6 Å². The molecule has 5 nitrogen and oxygen atoms in total. The minimum atomic E-state index is -0.194. The Morgan fingerprint density at radius 1 is 1.27 bits per heavy atom. The van der Waals surface area contributed by atoms with Crippen LogP contribution in [-0.2, 0) is 4.79 Å². The van der Waals surface area contributed by atoms with E-state index in [1.54, 1.807) is 6.20 Å². The number of hydrogen-bond acceptors (Lipinski definition) is 2. The minimum absolute atomic E-state index is 0.103. The SMILES string of the molecule is Cc1ccc(-n2ccn3ccnc23)c(NC(=O)C2(C)CC2)c1. The molecule has 1 fully saturated rings. The second-order valence-electron chi connectivity index (χ2n) is 6.34. The molecule has 0 saturated heterocycles. The fourth-order valence-electron chi connectivity index (χ4n) is 2.65. The zero-order chi connectivity index (χ0) is 15.3. The average Bonchev–Trinajstić information content (AvgIpc) is 2.92. The van der Waals surface area contributed by atoms with Gasteiger partial charge in [0.15, 0.2) is 0 Å². The highest BCUT2D eigenvalue weighted by atomic mass is 16.2. The summed E-state index contributed by atoms with van der Waals surface area (Å²) in [7, 11) is 0. The number of rotatable bonds is 3. The van der Waals surface area contributed by atoms with Gasteiger partial charge in [-0.15, -0.1) is 0 Å². The monoisotopic (exact) mass is 294 g/mol. The van der Waals surface area contributed by atoms with Crippen molar-refractivity contribution in [2.45, 2.75) is 26.7 Å². The van der Waals surface area contributed by atoms with Gasteiger partial charge in [0.1, 0.15) is 0 Å². The van der Waals surface area contributed by atoms with E-state index in [1.807, 2.05) is 59.6 Å². The number of amides is 1. The fourth-order valence-corrected chi connectivity index (χ4v) is 2.65. The van der Waals surface area contributed by atoms with Crippen LogP contribution in [0.5, 0.6) is 0 Å². The first kappa shape index (κ1) is 13.1. The number of carbonyl (C=O) groups is 1. The number of nitrogens with one attached hydrogen (secondary N) is 1. The Morgan fingerprint density at radius 2 is 2.09 bits per heavy atom. The number of hydrogen-bond donors (Lipinski definition) is 1. The maximum atomic E-state index is 12.4. The Hall–Kier alpha value is -2.56. The number of imidazole rings is 2. The number of nitrogens with zero attached hydrogens (tertiary/aromatic N) is 3. The van der Waals surface area contributed by atoms with Crippen LogP contribution in [0.15, 0.2) is 43.0 Å². The Labute approximate surface area is 128 Å². The number of aryl methyl sites for hydroxylation is 1. The molecule has 1 N–H and O–H groups in total. The molecule has 3 aromatic rings. The van der Waals surface area contributed by atoms with Crippen molar-refractivity contribution in [3.05, 3.63) is 48.5 Å². The molecule has 0 atom stereocenters. The first-order valence-corrected chi connectivity index (χ1v) is 7.49. The normalized spacial score (nSPS) is 15.9. The quantitative estimate of drug-likeness (QED) is 0.806. The number of anilines is 1. The second kappa shape index (κ2) is 4.47. The summed E-state index contributed by atoms with van der Waals surface area (Å²) >= 11 is 0. The minimum Gasteiger partial charge on any atom is -0.324 e. The van der Waals surface area contributed by atoms with E-state index in [1.165, 1.54) is 0 Å². The Morgan fingerprint density at radius 3 is 2.86 bits per heavy atom. The van der Waals surface area contributed by atoms with Crippen molar-refractivity contribution in [3.8, 4) is 5.69 Å². The molecule has 0 bridgehead atoms. The van der Waals surface area contributed by atoms with Crippen LogP contribution in [-0.4, -0.2) is 19.9 Å². The van der Waals surface area contributed by atoms with Gasteiger partial charge in [0.2, 0.25) is 11.7 Å². The molecule has 1 aromatic carbocycles. The van der Waals surface area contributed by atoms with Crippen molar-refractivity contribution < 1.29 is 4.79 Å². The number of aromatic nitrogens is 3. The second-order valence-corrected chi connectivity index (χ2v) is 6.34. The van der Waals surface area contributed by atoms with Crippen LogP contribution in [0.1, 0.15) is 25.3 Å². The zero-order valence-corrected chi connectivity index (χ0v) is 12.7. The molecule has 0 spiro atoms. The fraction of sp³-hybridized carbons (Fsp3) is 0.294. The molecule has 1 amide bonds. The molecule has 0 unspecified atom stereocenters. The van der Waals surface area contributed by atoms with Crippen LogP contribution in [0, 0.1) is 12.3 Å². The maximum Gasteiger partial charge on any atom is 0.230 e. The molecular formula is C17H18N4O. The molecule has 1 aliphatic rings. The van der Waals surface area contributed by atoms with Crippen LogP contribution in [0.2, 0.25) is 0 Å². The lowest BCUT2D eigenvalue weighted by Crippen LogP contribution is -2.22. The summed E-state index contributed by atoms with van der Waals surface area (Å²) in [6.07, 6.45) is 9.52. The van der Waals surface area contributed by atoms with Crippen molar-refractivity contribution in [2.24, 2.45) is 5.41 Å². The Bertz CT molecular complexity index is 870. The van der Waals surface area contributed by atoms with Crippen molar-refractivity contribution in [1.82, 2.24) is 14.0 Å².